The molecule has 0 saturated heterocycles. The summed E-state index contributed by atoms with van der Waals surface area (Å²) < 4.78 is 11.8. The fourth-order valence-corrected chi connectivity index (χ4v) is 4.68. The number of amides is 2. The Bertz CT molecular complexity index is 1160. The molecule has 0 aliphatic carbocycles. The molecule has 6 heteroatoms. The molecule has 0 unspecified atom stereocenters. The Balaban J connectivity index is 1.72. The largest absolute Gasteiger partial charge is 0.496 e. The first-order chi connectivity index (χ1) is 17.6. The van der Waals surface area contributed by atoms with E-state index >= 15 is 0 Å². The van der Waals surface area contributed by atoms with Gasteiger partial charge in [-0.2, -0.15) is 0 Å². The molecule has 36 heavy (non-hydrogen) atoms. The van der Waals surface area contributed by atoms with E-state index in [9.17, 15) is 9.59 Å². The van der Waals surface area contributed by atoms with Crippen LogP contribution in [0.25, 0.3) is 0 Å². The smallest absolute Gasteiger partial charge is 0.257 e. The highest BCUT2D eigenvalue weighted by atomic mass is 16.5. The van der Waals surface area contributed by atoms with Crippen molar-refractivity contribution < 1.29 is 19.1 Å². The van der Waals surface area contributed by atoms with Gasteiger partial charge in [-0.3, -0.25) is 9.59 Å². The van der Waals surface area contributed by atoms with Crippen molar-refractivity contribution in [3.05, 3.63) is 95.6 Å². The van der Waals surface area contributed by atoms with E-state index < -0.39 is 0 Å². The van der Waals surface area contributed by atoms with Crippen LogP contribution in [-0.2, 0) is 6.42 Å². The highest BCUT2D eigenvalue weighted by Crippen LogP contribution is 2.25. The Morgan fingerprint density at radius 3 is 2.42 bits per heavy atom. The first kappa shape index (κ1) is 25.3. The zero-order valence-electron chi connectivity index (χ0n) is 21.1. The predicted octanol–water partition coefficient (Wildman–Crippen LogP) is 5.08. The van der Waals surface area contributed by atoms with Crippen molar-refractivity contribution in [2.45, 2.75) is 32.2 Å². The van der Waals surface area contributed by atoms with Gasteiger partial charge >= 0.3 is 0 Å². The third-order valence-electron chi connectivity index (χ3n) is 6.65. The molecule has 1 heterocycles. The van der Waals surface area contributed by atoms with E-state index in [0.29, 0.717) is 48.7 Å². The van der Waals surface area contributed by atoms with Crippen LogP contribution < -0.4 is 9.47 Å². The summed E-state index contributed by atoms with van der Waals surface area (Å²) in [6.07, 6.45) is 2.22. The van der Waals surface area contributed by atoms with Crippen molar-refractivity contribution in [1.29, 1.82) is 0 Å². The molecule has 0 saturated carbocycles. The maximum absolute atomic E-state index is 13.9. The third kappa shape index (κ3) is 5.88. The number of para-hydroxylation sites is 2. The molecule has 1 atom stereocenters. The van der Waals surface area contributed by atoms with E-state index in [-0.39, 0.29) is 24.5 Å². The molecule has 0 bridgehead atoms. The van der Waals surface area contributed by atoms with Crippen molar-refractivity contribution in [3.63, 3.8) is 0 Å². The Morgan fingerprint density at radius 2 is 1.64 bits per heavy atom. The molecule has 4 rings (SSSR count). The number of nitrogens with zero attached hydrogens (tertiary/aromatic N) is 2. The molecule has 2 amide bonds. The molecule has 0 N–H and O–H groups in total. The number of carbonyl (C=O) groups is 2. The predicted molar refractivity (Wildman–Crippen MR) is 141 cm³/mol. The molecule has 3 aromatic carbocycles. The Kier molecular flexibility index (Phi) is 8.61. The summed E-state index contributed by atoms with van der Waals surface area (Å²) in [4.78, 5) is 31.0. The van der Waals surface area contributed by atoms with Crippen molar-refractivity contribution in [1.82, 2.24) is 9.80 Å². The molecule has 0 spiro atoms. The van der Waals surface area contributed by atoms with Gasteiger partial charge in [0.1, 0.15) is 18.1 Å². The highest BCUT2D eigenvalue weighted by Gasteiger charge is 2.29. The quantitative estimate of drug-likeness (QED) is 0.505. The molecule has 6 nitrogen and oxygen atoms in total. The van der Waals surface area contributed by atoms with Crippen LogP contribution in [0.3, 0.4) is 0 Å². The van der Waals surface area contributed by atoms with Crippen LogP contribution in [0.1, 0.15) is 46.0 Å². The minimum Gasteiger partial charge on any atom is -0.496 e. The highest BCUT2D eigenvalue weighted by molar-refractivity contribution is 5.97. The SMILES string of the molecule is CCN1CCCCN(C(=O)c2ccccc2OC)[C@@H](Cc2ccccc2)COc2ccccc2C1=O. The number of hydrogen-bond donors (Lipinski definition) is 0. The average molecular weight is 487 g/mol. The van der Waals surface area contributed by atoms with E-state index in [1.165, 1.54) is 0 Å². The molecule has 1 aliphatic rings. The fraction of sp³-hybridized carbons (Fsp3) is 0.333. The summed E-state index contributed by atoms with van der Waals surface area (Å²) in [5, 5.41) is 0. The van der Waals surface area contributed by atoms with Gasteiger partial charge in [-0.05, 0) is 56.0 Å². The number of benzene rings is 3. The van der Waals surface area contributed by atoms with Crippen molar-refractivity contribution in [2.24, 2.45) is 0 Å². The number of carbonyl (C=O) groups excluding carboxylic acids is 2. The Morgan fingerprint density at radius 1 is 0.944 bits per heavy atom. The zero-order valence-corrected chi connectivity index (χ0v) is 21.1. The number of hydrogen-bond acceptors (Lipinski definition) is 4. The van der Waals surface area contributed by atoms with Crippen LogP contribution in [0.5, 0.6) is 11.5 Å². The maximum Gasteiger partial charge on any atom is 0.257 e. The fourth-order valence-electron chi connectivity index (χ4n) is 4.68. The summed E-state index contributed by atoms with van der Waals surface area (Å²) in [7, 11) is 1.58. The lowest BCUT2D eigenvalue weighted by atomic mass is 10.0. The van der Waals surface area contributed by atoms with Gasteiger partial charge in [-0.15, -0.1) is 0 Å². The second-order valence-electron chi connectivity index (χ2n) is 8.94. The van der Waals surface area contributed by atoms with Gasteiger partial charge < -0.3 is 19.3 Å². The second kappa shape index (κ2) is 12.2. The van der Waals surface area contributed by atoms with Crippen molar-refractivity contribution in [3.8, 4) is 11.5 Å². The van der Waals surface area contributed by atoms with Gasteiger partial charge in [0.15, 0.2) is 0 Å². The van der Waals surface area contributed by atoms with Gasteiger partial charge in [-0.1, -0.05) is 54.6 Å². The molecular weight excluding hydrogens is 452 g/mol. The summed E-state index contributed by atoms with van der Waals surface area (Å²) >= 11 is 0. The topological polar surface area (TPSA) is 59.1 Å². The van der Waals surface area contributed by atoms with Crippen LogP contribution in [-0.4, -0.2) is 61.0 Å². The minimum atomic E-state index is -0.227. The first-order valence-corrected chi connectivity index (χ1v) is 12.6. The van der Waals surface area contributed by atoms with Crippen molar-refractivity contribution >= 4 is 11.8 Å². The van der Waals surface area contributed by atoms with Gasteiger partial charge in [0.2, 0.25) is 0 Å². The van der Waals surface area contributed by atoms with Gasteiger partial charge in [0.05, 0.1) is 24.3 Å². The van der Waals surface area contributed by atoms with Crippen LogP contribution in [0.4, 0.5) is 0 Å². The summed E-state index contributed by atoms with van der Waals surface area (Å²) in [5.41, 5.74) is 2.22. The molecule has 1 aliphatic heterocycles. The molecule has 0 fully saturated rings. The third-order valence-corrected chi connectivity index (χ3v) is 6.65. The van der Waals surface area contributed by atoms with Crippen molar-refractivity contribution in [2.75, 3.05) is 33.4 Å². The molecule has 0 radical (unpaired) electrons. The van der Waals surface area contributed by atoms with Crippen LogP contribution in [0, 0.1) is 0 Å². The summed E-state index contributed by atoms with van der Waals surface area (Å²) in [6, 6.07) is 24.6. The number of methoxy groups -OCH3 is 1. The Hall–Kier alpha value is -3.80. The summed E-state index contributed by atoms with van der Waals surface area (Å²) in [5.74, 6) is 1.01. The first-order valence-electron chi connectivity index (χ1n) is 12.6. The van der Waals surface area contributed by atoms with E-state index in [1.807, 2.05) is 83.5 Å². The zero-order chi connectivity index (χ0) is 25.3. The van der Waals surface area contributed by atoms with E-state index in [0.717, 1.165) is 18.4 Å². The van der Waals surface area contributed by atoms with Crippen LogP contribution >= 0.6 is 0 Å². The molecular formula is C30H34N2O4. The average Bonchev–Trinajstić information content (AvgIpc) is 2.93. The van der Waals surface area contributed by atoms with Crippen LogP contribution in [0.2, 0.25) is 0 Å². The van der Waals surface area contributed by atoms with Gasteiger partial charge in [0.25, 0.3) is 11.8 Å². The maximum atomic E-state index is 13.9. The number of rotatable bonds is 5. The molecule has 3 aromatic rings. The Labute approximate surface area is 213 Å². The monoisotopic (exact) mass is 486 g/mol. The lowest BCUT2D eigenvalue weighted by Crippen LogP contribution is -2.46. The normalized spacial score (nSPS) is 16.8. The van der Waals surface area contributed by atoms with Crippen LogP contribution in [0.15, 0.2) is 78.9 Å². The molecule has 188 valence electrons. The van der Waals surface area contributed by atoms with Gasteiger partial charge in [0, 0.05) is 19.6 Å². The lowest BCUT2D eigenvalue weighted by Gasteiger charge is -2.34. The minimum absolute atomic E-state index is 0.0183. The van der Waals surface area contributed by atoms with E-state index in [1.54, 1.807) is 7.11 Å². The lowest BCUT2D eigenvalue weighted by molar-refractivity contribution is 0.0583. The van der Waals surface area contributed by atoms with Gasteiger partial charge in [-0.25, -0.2) is 0 Å². The summed E-state index contributed by atoms with van der Waals surface area (Å²) in [6.45, 7) is 4.06. The van der Waals surface area contributed by atoms with E-state index in [2.05, 4.69) is 12.1 Å². The second-order valence-corrected chi connectivity index (χ2v) is 8.94. The molecule has 0 aromatic heterocycles. The standard InChI is InChI=1S/C30H34N2O4/c1-3-31-19-11-12-20-32(30(34)25-15-7-9-17-27(25)35-2)24(21-23-13-5-4-6-14-23)22-36-28-18-10-8-16-26(28)29(31)33/h4-10,13-18,24H,3,11-12,19-22H2,1-2H3/t24-/m0/s1. The number of ether oxygens (including phenoxy) is 2. The van der Waals surface area contributed by atoms with E-state index in [4.69, 9.17) is 9.47 Å². The number of fused-ring (bicyclic) bond motifs is 1.